The van der Waals surface area contributed by atoms with Crippen LogP contribution >= 0.6 is 0 Å². The SMILES string of the molecule is CC(C)(C)C[C@@H](CCCN)C(=O)C(C)(C)C. The Bertz CT molecular complexity index is 220. The summed E-state index contributed by atoms with van der Waals surface area (Å²) in [6.45, 7) is 13.3. The summed E-state index contributed by atoms with van der Waals surface area (Å²) in [4.78, 5) is 12.3. The third-order valence-corrected chi connectivity index (χ3v) is 2.73. The molecule has 0 aliphatic heterocycles. The van der Waals surface area contributed by atoms with Crippen molar-refractivity contribution in [2.75, 3.05) is 6.54 Å². The van der Waals surface area contributed by atoms with Crippen molar-refractivity contribution < 1.29 is 4.79 Å². The van der Waals surface area contributed by atoms with Gasteiger partial charge in [-0.2, -0.15) is 0 Å². The number of ketones is 1. The molecular weight excluding hydrogens is 198 g/mol. The Hall–Kier alpha value is -0.370. The van der Waals surface area contributed by atoms with Crippen molar-refractivity contribution in [1.82, 2.24) is 0 Å². The minimum atomic E-state index is -0.232. The van der Waals surface area contributed by atoms with Crippen LogP contribution in [0.2, 0.25) is 0 Å². The summed E-state index contributed by atoms with van der Waals surface area (Å²) in [5.74, 6) is 0.555. The first kappa shape index (κ1) is 15.6. The van der Waals surface area contributed by atoms with Crippen LogP contribution in [0.15, 0.2) is 0 Å². The van der Waals surface area contributed by atoms with Crippen molar-refractivity contribution in [3.63, 3.8) is 0 Å². The molecule has 96 valence electrons. The molecule has 0 heterocycles. The van der Waals surface area contributed by atoms with Gasteiger partial charge in [0, 0.05) is 11.3 Å². The molecule has 0 aromatic carbocycles. The van der Waals surface area contributed by atoms with E-state index >= 15 is 0 Å². The van der Waals surface area contributed by atoms with Crippen LogP contribution in [-0.2, 0) is 4.79 Å². The molecule has 0 fully saturated rings. The van der Waals surface area contributed by atoms with Crippen molar-refractivity contribution in [2.24, 2.45) is 22.5 Å². The van der Waals surface area contributed by atoms with Crippen LogP contribution in [0, 0.1) is 16.7 Å². The van der Waals surface area contributed by atoms with Crippen molar-refractivity contribution in [2.45, 2.75) is 60.8 Å². The molecule has 0 aromatic heterocycles. The van der Waals surface area contributed by atoms with Crippen LogP contribution in [0.25, 0.3) is 0 Å². The van der Waals surface area contributed by atoms with Crippen molar-refractivity contribution in [3.05, 3.63) is 0 Å². The highest BCUT2D eigenvalue weighted by Crippen LogP contribution is 2.32. The highest BCUT2D eigenvalue weighted by atomic mass is 16.1. The summed E-state index contributed by atoms with van der Waals surface area (Å²) < 4.78 is 0. The predicted octanol–water partition coefficient (Wildman–Crippen LogP) is 3.39. The van der Waals surface area contributed by atoms with Gasteiger partial charge in [-0.1, -0.05) is 41.5 Å². The van der Waals surface area contributed by atoms with E-state index in [-0.39, 0.29) is 16.7 Å². The minimum absolute atomic E-state index is 0.170. The van der Waals surface area contributed by atoms with Gasteiger partial charge in [0.1, 0.15) is 5.78 Å². The molecule has 0 unspecified atom stereocenters. The van der Waals surface area contributed by atoms with Gasteiger partial charge in [0.05, 0.1) is 0 Å². The number of carbonyl (C=O) groups excluding carboxylic acids is 1. The second-order valence-electron chi connectivity index (χ2n) is 7.01. The van der Waals surface area contributed by atoms with Gasteiger partial charge in [-0.25, -0.2) is 0 Å². The number of carbonyl (C=O) groups is 1. The molecule has 0 radical (unpaired) electrons. The zero-order valence-electron chi connectivity index (χ0n) is 11.9. The van der Waals surface area contributed by atoms with Crippen molar-refractivity contribution in [3.8, 4) is 0 Å². The first-order valence-corrected chi connectivity index (χ1v) is 6.32. The van der Waals surface area contributed by atoms with Gasteiger partial charge >= 0.3 is 0 Å². The molecule has 0 aliphatic carbocycles. The first-order valence-electron chi connectivity index (χ1n) is 6.32. The summed E-state index contributed by atoms with van der Waals surface area (Å²) in [6.07, 6.45) is 2.84. The summed E-state index contributed by atoms with van der Waals surface area (Å²) in [5.41, 5.74) is 5.52. The fourth-order valence-electron chi connectivity index (χ4n) is 2.04. The number of Topliss-reactive ketones (excluding diaryl/α,β-unsaturated/α-hetero) is 1. The Balaban J connectivity index is 4.61. The maximum Gasteiger partial charge on any atom is 0.141 e. The molecule has 2 nitrogen and oxygen atoms in total. The molecule has 0 saturated heterocycles. The lowest BCUT2D eigenvalue weighted by atomic mass is 9.74. The molecule has 0 amide bonds. The Kier molecular flexibility index (Phi) is 5.67. The third-order valence-electron chi connectivity index (χ3n) is 2.73. The average Bonchev–Trinajstić information content (AvgIpc) is 2.07. The predicted molar refractivity (Wildman–Crippen MR) is 70.3 cm³/mol. The molecule has 0 rings (SSSR count). The Morgan fingerprint density at radius 2 is 1.62 bits per heavy atom. The van der Waals surface area contributed by atoms with E-state index in [0.717, 1.165) is 19.3 Å². The van der Waals surface area contributed by atoms with Crippen molar-refractivity contribution >= 4 is 5.78 Å². The Labute approximate surface area is 101 Å². The van der Waals surface area contributed by atoms with Gasteiger partial charge < -0.3 is 5.73 Å². The molecule has 0 aromatic rings. The fraction of sp³-hybridized carbons (Fsp3) is 0.929. The monoisotopic (exact) mass is 227 g/mol. The summed E-state index contributed by atoms with van der Waals surface area (Å²) in [6, 6.07) is 0. The molecule has 2 heteroatoms. The largest absolute Gasteiger partial charge is 0.330 e. The zero-order valence-corrected chi connectivity index (χ0v) is 11.9. The van der Waals surface area contributed by atoms with Crippen LogP contribution in [0.4, 0.5) is 0 Å². The molecule has 1 atom stereocenters. The van der Waals surface area contributed by atoms with Crippen LogP contribution in [0.3, 0.4) is 0 Å². The van der Waals surface area contributed by atoms with Gasteiger partial charge in [0.15, 0.2) is 0 Å². The highest BCUT2D eigenvalue weighted by Gasteiger charge is 2.31. The van der Waals surface area contributed by atoms with Gasteiger partial charge in [-0.15, -0.1) is 0 Å². The molecule has 0 saturated carbocycles. The van der Waals surface area contributed by atoms with E-state index in [4.69, 9.17) is 5.73 Å². The number of hydrogen-bond donors (Lipinski definition) is 1. The quantitative estimate of drug-likeness (QED) is 0.782. The molecular formula is C14H29NO. The first-order chi connectivity index (χ1) is 7.08. The van der Waals surface area contributed by atoms with E-state index in [2.05, 4.69) is 20.8 Å². The van der Waals surface area contributed by atoms with Crippen molar-refractivity contribution in [1.29, 1.82) is 0 Å². The molecule has 0 aliphatic rings. The smallest absolute Gasteiger partial charge is 0.141 e. The topological polar surface area (TPSA) is 43.1 Å². The average molecular weight is 227 g/mol. The minimum Gasteiger partial charge on any atom is -0.330 e. The van der Waals surface area contributed by atoms with Crippen LogP contribution in [0.1, 0.15) is 60.8 Å². The molecule has 16 heavy (non-hydrogen) atoms. The van der Waals surface area contributed by atoms with E-state index in [9.17, 15) is 4.79 Å². The van der Waals surface area contributed by atoms with E-state index in [0.29, 0.717) is 12.3 Å². The summed E-state index contributed by atoms with van der Waals surface area (Å²) >= 11 is 0. The fourth-order valence-corrected chi connectivity index (χ4v) is 2.04. The van der Waals surface area contributed by atoms with Gasteiger partial charge in [-0.3, -0.25) is 4.79 Å². The lowest BCUT2D eigenvalue weighted by Gasteiger charge is -2.29. The van der Waals surface area contributed by atoms with Crippen LogP contribution in [-0.4, -0.2) is 12.3 Å². The Morgan fingerprint density at radius 1 is 1.12 bits per heavy atom. The van der Waals surface area contributed by atoms with Gasteiger partial charge in [-0.05, 0) is 31.2 Å². The van der Waals surface area contributed by atoms with E-state index in [1.165, 1.54) is 0 Å². The lowest BCUT2D eigenvalue weighted by Crippen LogP contribution is -2.31. The van der Waals surface area contributed by atoms with Gasteiger partial charge in [0.2, 0.25) is 0 Å². The molecule has 2 N–H and O–H groups in total. The number of nitrogens with two attached hydrogens (primary N) is 1. The highest BCUT2D eigenvalue weighted by molar-refractivity contribution is 5.85. The Morgan fingerprint density at radius 3 is 1.94 bits per heavy atom. The summed E-state index contributed by atoms with van der Waals surface area (Å²) in [5, 5.41) is 0. The second-order valence-corrected chi connectivity index (χ2v) is 7.01. The van der Waals surface area contributed by atoms with E-state index in [1.807, 2.05) is 20.8 Å². The van der Waals surface area contributed by atoms with Crippen LogP contribution in [0.5, 0.6) is 0 Å². The maximum atomic E-state index is 12.3. The van der Waals surface area contributed by atoms with Gasteiger partial charge in [0.25, 0.3) is 0 Å². The normalized spacial score (nSPS) is 14.9. The number of hydrogen-bond acceptors (Lipinski definition) is 2. The van der Waals surface area contributed by atoms with Crippen LogP contribution < -0.4 is 5.73 Å². The third kappa shape index (κ3) is 6.26. The molecule has 0 bridgehead atoms. The summed E-state index contributed by atoms with van der Waals surface area (Å²) in [7, 11) is 0. The molecule has 0 spiro atoms. The lowest BCUT2D eigenvalue weighted by molar-refractivity contribution is -0.131. The van der Waals surface area contributed by atoms with E-state index in [1.54, 1.807) is 0 Å². The van der Waals surface area contributed by atoms with E-state index < -0.39 is 0 Å². The standard InChI is InChI=1S/C14H29NO/c1-13(2,3)10-11(8-7-9-15)12(16)14(4,5)6/h11H,7-10,15H2,1-6H3/t11-/m1/s1. The second kappa shape index (κ2) is 5.81. The number of rotatable bonds is 5. The zero-order chi connectivity index (χ0) is 13.0. The maximum absolute atomic E-state index is 12.3.